The lowest BCUT2D eigenvalue weighted by molar-refractivity contribution is -0.155. The average molecular weight is 823 g/mol. The highest BCUT2D eigenvalue weighted by molar-refractivity contribution is 7.46. The molecule has 0 saturated carbocycles. The topological polar surface area (TPSA) is 193 Å². The third kappa shape index (κ3) is 14.9. The Morgan fingerprint density at radius 2 is 1.50 bits per heavy atom. The van der Waals surface area contributed by atoms with Crippen LogP contribution in [0, 0.1) is 25.2 Å². The average Bonchev–Trinajstić information content (AvgIpc) is 3.14. The predicted molar refractivity (Wildman–Crippen MR) is 220 cm³/mol. The van der Waals surface area contributed by atoms with Gasteiger partial charge in [0.05, 0.1) is 19.1 Å². The van der Waals surface area contributed by atoms with Gasteiger partial charge in [-0.3, -0.25) is 18.9 Å². The molecule has 0 aromatic heterocycles. The SMILES string of the molecule is Cc1cccc(C)c1OCC(=O)N[C@@H](Cc1ccccc1)[C@H](C[C@H](Cc1ccccc1)NC(=O)[C@H](C(C)C)N1CCCNC1=O)OC(=O)CC(C)(C)COP(=O)(O)O. The molecule has 1 saturated heterocycles. The number of nitrogens with zero attached hydrogens (tertiary/aromatic N) is 1. The van der Waals surface area contributed by atoms with Crippen LogP contribution in [-0.4, -0.2) is 89.0 Å². The first-order valence-electron chi connectivity index (χ1n) is 19.7. The van der Waals surface area contributed by atoms with Gasteiger partial charge in [-0.15, -0.1) is 0 Å². The zero-order valence-electron chi connectivity index (χ0n) is 34.3. The zero-order valence-corrected chi connectivity index (χ0v) is 35.2. The van der Waals surface area contributed by atoms with Crippen molar-refractivity contribution in [2.24, 2.45) is 11.3 Å². The minimum Gasteiger partial charge on any atom is -0.483 e. The van der Waals surface area contributed by atoms with Crippen molar-refractivity contribution >= 4 is 31.6 Å². The smallest absolute Gasteiger partial charge is 0.469 e. The summed E-state index contributed by atoms with van der Waals surface area (Å²) in [5.41, 5.74) is 2.44. The van der Waals surface area contributed by atoms with Gasteiger partial charge >= 0.3 is 19.8 Å². The summed E-state index contributed by atoms with van der Waals surface area (Å²) in [6.45, 7) is 11.0. The molecule has 4 amide bonds. The second-order valence-electron chi connectivity index (χ2n) is 16.1. The number of ether oxygens (including phenoxy) is 2. The van der Waals surface area contributed by atoms with Gasteiger partial charge in [0.1, 0.15) is 17.9 Å². The van der Waals surface area contributed by atoms with Crippen molar-refractivity contribution in [2.75, 3.05) is 26.3 Å². The largest absolute Gasteiger partial charge is 0.483 e. The standard InChI is InChI=1S/C43H59N4O10P/c1-29(2)39(47-22-14-21-44-42(47)51)41(50)45-34(23-32-17-9-7-10-18-32)25-36(57-38(49)26-43(5,6)28-56-58(52,53)54)35(24-33-19-11-8-12-20-33)46-37(48)27-55-40-30(3)15-13-16-31(40)4/h7-13,15-20,29,34-36,39H,14,21-28H2,1-6H3,(H,44,51)(H,45,50)(H,46,48)(H2,52,53,54)/t34-,35-,36-,39-/m0/s1. The first-order chi connectivity index (χ1) is 27.4. The van der Waals surface area contributed by atoms with Gasteiger partial charge in [-0.1, -0.05) is 107 Å². The number of hydrogen-bond donors (Lipinski definition) is 5. The maximum absolute atomic E-state index is 14.3. The highest BCUT2D eigenvalue weighted by Crippen LogP contribution is 2.39. The van der Waals surface area contributed by atoms with E-state index in [9.17, 15) is 33.5 Å². The molecule has 1 heterocycles. The molecule has 3 aromatic rings. The number of phosphoric acid groups is 1. The van der Waals surface area contributed by atoms with Crippen molar-refractivity contribution in [1.29, 1.82) is 0 Å². The Balaban J connectivity index is 1.71. The van der Waals surface area contributed by atoms with Crippen LogP contribution in [0.4, 0.5) is 4.79 Å². The maximum atomic E-state index is 14.3. The molecule has 4 rings (SSSR count). The lowest BCUT2D eigenvalue weighted by Gasteiger charge is -2.37. The molecule has 316 valence electrons. The monoisotopic (exact) mass is 822 g/mol. The van der Waals surface area contributed by atoms with Crippen LogP contribution in [0.3, 0.4) is 0 Å². The molecule has 1 fully saturated rings. The Bertz CT molecular complexity index is 1850. The van der Waals surface area contributed by atoms with Crippen LogP contribution < -0.4 is 20.7 Å². The van der Waals surface area contributed by atoms with Gasteiger partial charge in [-0.2, -0.15) is 0 Å². The number of benzene rings is 3. The molecule has 14 nitrogen and oxygen atoms in total. The molecule has 0 bridgehead atoms. The van der Waals surface area contributed by atoms with E-state index in [0.717, 1.165) is 22.3 Å². The summed E-state index contributed by atoms with van der Waals surface area (Å²) in [4.78, 5) is 75.1. The summed E-state index contributed by atoms with van der Waals surface area (Å²) in [5.74, 6) is -1.15. The van der Waals surface area contributed by atoms with Crippen molar-refractivity contribution in [3.63, 3.8) is 0 Å². The van der Waals surface area contributed by atoms with Crippen molar-refractivity contribution in [2.45, 2.75) is 97.9 Å². The Morgan fingerprint density at radius 1 is 0.897 bits per heavy atom. The molecule has 5 N–H and O–H groups in total. The van der Waals surface area contributed by atoms with Crippen LogP contribution in [0.1, 0.15) is 69.2 Å². The minimum absolute atomic E-state index is 0.0539. The molecule has 0 aliphatic carbocycles. The third-order valence-corrected chi connectivity index (χ3v) is 10.4. The quantitative estimate of drug-likeness (QED) is 0.0686. The molecule has 0 unspecified atom stereocenters. The number of aryl methyl sites for hydroxylation is 2. The zero-order chi connectivity index (χ0) is 42.5. The van der Waals surface area contributed by atoms with Gasteiger partial charge in [0.2, 0.25) is 5.91 Å². The van der Waals surface area contributed by atoms with Gasteiger partial charge in [-0.05, 0) is 66.7 Å². The maximum Gasteiger partial charge on any atom is 0.469 e. The molecular weight excluding hydrogens is 763 g/mol. The molecule has 1 aliphatic rings. The van der Waals surface area contributed by atoms with Gasteiger partial charge < -0.3 is 40.1 Å². The van der Waals surface area contributed by atoms with Gasteiger partial charge in [0, 0.05) is 25.6 Å². The lowest BCUT2D eigenvalue weighted by Crippen LogP contribution is -2.59. The van der Waals surface area contributed by atoms with Gasteiger partial charge in [0.25, 0.3) is 5.91 Å². The first-order valence-corrected chi connectivity index (χ1v) is 21.2. The summed E-state index contributed by atoms with van der Waals surface area (Å²) in [5, 5.41) is 9.09. The van der Waals surface area contributed by atoms with E-state index in [4.69, 9.17) is 14.0 Å². The minimum atomic E-state index is -4.82. The van der Waals surface area contributed by atoms with Crippen LogP contribution in [0.2, 0.25) is 0 Å². The highest BCUT2D eigenvalue weighted by atomic mass is 31.2. The van der Waals surface area contributed by atoms with E-state index < -0.39 is 56.0 Å². The highest BCUT2D eigenvalue weighted by Gasteiger charge is 2.37. The number of amides is 4. The Hall–Kier alpha value is -4.75. The summed E-state index contributed by atoms with van der Waals surface area (Å²) in [7, 11) is -4.82. The number of carbonyl (C=O) groups excluding carboxylic acids is 4. The van der Waals surface area contributed by atoms with Crippen molar-refractivity contribution < 1.29 is 47.5 Å². The molecule has 15 heteroatoms. The van der Waals surface area contributed by atoms with E-state index in [1.54, 1.807) is 18.7 Å². The fourth-order valence-electron chi connectivity index (χ4n) is 7.14. The van der Waals surface area contributed by atoms with E-state index in [2.05, 4.69) is 16.0 Å². The van der Waals surface area contributed by atoms with Crippen LogP contribution in [0.25, 0.3) is 0 Å². The number of phosphoric ester groups is 1. The molecule has 3 aromatic carbocycles. The Labute approximate surface area is 341 Å². The van der Waals surface area contributed by atoms with Crippen molar-refractivity contribution in [3.8, 4) is 5.75 Å². The van der Waals surface area contributed by atoms with E-state index >= 15 is 0 Å². The summed E-state index contributed by atoms with van der Waals surface area (Å²) in [6, 6.07) is 22.0. The van der Waals surface area contributed by atoms with E-state index in [1.807, 2.05) is 107 Å². The van der Waals surface area contributed by atoms with Crippen LogP contribution in [0.5, 0.6) is 5.75 Å². The molecule has 1 aliphatic heterocycles. The summed E-state index contributed by atoms with van der Waals surface area (Å²) < 4.78 is 28.5. The molecular formula is C43H59N4O10P. The first kappa shape index (κ1) is 45.9. The van der Waals surface area contributed by atoms with Crippen molar-refractivity contribution in [3.05, 3.63) is 101 Å². The lowest BCUT2D eigenvalue weighted by atomic mass is 9.90. The van der Waals surface area contributed by atoms with Gasteiger partial charge in [0.15, 0.2) is 6.61 Å². The predicted octanol–water partition coefficient (Wildman–Crippen LogP) is 5.40. The van der Waals surface area contributed by atoms with Gasteiger partial charge in [-0.25, -0.2) is 9.36 Å². The molecule has 0 radical (unpaired) electrons. The molecule has 58 heavy (non-hydrogen) atoms. The van der Waals surface area contributed by atoms with Crippen molar-refractivity contribution in [1.82, 2.24) is 20.9 Å². The number of rotatable bonds is 21. The summed E-state index contributed by atoms with van der Waals surface area (Å²) in [6.07, 6.45) is 0.0181. The fraction of sp³-hybridized carbons (Fsp3) is 0.488. The number of carbonyl (C=O) groups is 4. The number of para-hydroxylation sites is 1. The Morgan fingerprint density at radius 3 is 2.07 bits per heavy atom. The molecule has 0 spiro atoms. The number of urea groups is 1. The van der Waals surface area contributed by atoms with Crippen LogP contribution in [0.15, 0.2) is 78.9 Å². The third-order valence-electron chi connectivity index (χ3n) is 9.92. The van der Waals surface area contributed by atoms with Crippen LogP contribution >= 0.6 is 7.82 Å². The molecule has 4 atom stereocenters. The normalized spacial score (nSPS) is 15.5. The fourth-order valence-corrected chi connectivity index (χ4v) is 7.66. The number of nitrogens with one attached hydrogen (secondary N) is 3. The van der Waals surface area contributed by atoms with E-state index in [-0.39, 0.29) is 43.7 Å². The van der Waals surface area contributed by atoms with E-state index in [0.29, 0.717) is 31.7 Å². The van der Waals surface area contributed by atoms with E-state index in [1.165, 1.54) is 0 Å². The Kier molecular flexibility index (Phi) is 16.9. The second-order valence-corrected chi connectivity index (χ2v) is 17.3. The number of hydrogen-bond acceptors (Lipinski definition) is 8. The number of esters is 1. The van der Waals surface area contributed by atoms with Crippen LogP contribution in [-0.2, 0) is 41.1 Å². The summed E-state index contributed by atoms with van der Waals surface area (Å²) >= 11 is 0. The second kappa shape index (κ2) is 21.3.